The molecule has 0 heterocycles. The summed E-state index contributed by atoms with van der Waals surface area (Å²) in [6.07, 6.45) is 1.54. The molecule has 0 unspecified atom stereocenters. The first kappa shape index (κ1) is 14.5. The maximum atomic E-state index is 12.2. The van der Waals surface area contributed by atoms with E-state index >= 15 is 0 Å². The molecule has 0 bridgehead atoms. The van der Waals surface area contributed by atoms with E-state index < -0.39 is 0 Å². The van der Waals surface area contributed by atoms with E-state index in [1.807, 2.05) is 36.4 Å². The minimum atomic E-state index is 0.185. The Morgan fingerprint density at radius 3 is 2.00 bits per heavy atom. The summed E-state index contributed by atoms with van der Waals surface area (Å²) in [5, 5.41) is 0. The molecule has 1 heteroatoms. The summed E-state index contributed by atoms with van der Waals surface area (Å²) in [7, 11) is 0. The summed E-state index contributed by atoms with van der Waals surface area (Å²) in [6, 6.07) is 16.2. The van der Waals surface area contributed by atoms with E-state index in [-0.39, 0.29) is 5.78 Å². The van der Waals surface area contributed by atoms with Crippen molar-refractivity contribution >= 4 is 5.78 Å². The van der Waals surface area contributed by atoms with Gasteiger partial charge >= 0.3 is 0 Å². The van der Waals surface area contributed by atoms with Crippen molar-refractivity contribution in [3.8, 4) is 0 Å². The van der Waals surface area contributed by atoms with Gasteiger partial charge in [0.1, 0.15) is 0 Å². The van der Waals surface area contributed by atoms with Gasteiger partial charge in [0.25, 0.3) is 0 Å². The van der Waals surface area contributed by atoms with Gasteiger partial charge in [0.2, 0.25) is 0 Å². The van der Waals surface area contributed by atoms with Gasteiger partial charge in [0.15, 0.2) is 5.78 Å². The van der Waals surface area contributed by atoms with Gasteiger partial charge in [0, 0.05) is 12.0 Å². The van der Waals surface area contributed by atoms with Crippen molar-refractivity contribution in [1.82, 2.24) is 0 Å². The minimum Gasteiger partial charge on any atom is -0.294 e. The molecular formula is C19H22O. The SMILES string of the molecule is Cc1ccc(CC(=O)c2ccc(CC(C)C)cc2)cc1. The quantitative estimate of drug-likeness (QED) is 0.722. The highest BCUT2D eigenvalue weighted by Crippen LogP contribution is 2.12. The summed E-state index contributed by atoms with van der Waals surface area (Å²) in [6.45, 7) is 6.46. The Balaban J connectivity index is 2.03. The lowest BCUT2D eigenvalue weighted by molar-refractivity contribution is 0.0993. The molecule has 0 amide bonds. The van der Waals surface area contributed by atoms with Crippen LogP contribution in [0.5, 0.6) is 0 Å². The molecule has 0 aromatic heterocycles. The normalized spacial score (nSPS) is 10.8. The molecule has 2 aromatic carbocycles. The van der Waals surface area contributed by atoms with E-state index in [1.54, 1.807) is 0 Å². The van der Waals surface area contributed by atoms with Crippen LogP contribution in [0.3, 0.4) is 0 Å². The Morgan fingerprint density at radius 1 is 0.900 bits per heavy atom. The van der Waals surface area contributed by atoms with Gasteiger partial charge in [-0.2, -0.15) is 0 Å². The van der Waals surface area contributed by atoms with Crippen LogP contribution in [-0.2, 0) is 12.8 Å². The molecule has 104 valence electrons. The number of ketones is 1. The fraction of sp³-hybridized carbons (Fsp3) is 0.316. The smallest absolute Gasteiger partial charge is 0.167 e. The molecule has 0 aliphatic rings. The molecule has 1 nitrogen and oxygen atoms in total. The van der Waals surface area contributed by atoms with Crippen LogP contribution in [0, 0.1) is 12.8 Å². The predicted octanol–water partition coefficient (Wildman–Crippen LogP) is 4.62. The van der Waals surface area contributed by atoms with Crippen molar-refractivity contribution < 1.29 is 4.79 Å². The zero-order valence-corrected chi connectivity index (χ0v) is 12.5. The number of hydrogen-bond donors (Lipinski definition) is 0. The molecule has 0 radical (unpaired) electrons. The molecule has 0 saturated carbocycles. The highest BCUT2D eigenvalue weighted by Gasteiger charge is 2.07. The molecule has 0 atom stereocenters. The molecule has 0 N–H and O–H groups in total. The van der Waals surface area contributed by atoms with E-state index in [0.29, 0.717) is 12.3 Å². The van der Waals surface area contributed by atoms with Gasteiger partial charge in [-0.05, 0) is 30.4 Å². The first-order chi connectivity index (χ1) is 9.54. The highest BCUT2D eigenvalue weighted by atomic mass is 16.1. The first-order valence-corrected chi connectivity index (χ1v) is 7.22. The second kappa shape index (κ2) is 6.51. The summed E-state index contributed by atoms with van der Waals surface area (Å²) in [5.41, 5.74) is 4.40. The highest BCUT2D eigenvalue weighted by molar-refractivity contribution is 5.97. The first-order valence-electron chi connectivity index (χ1n) is 7.22. The lowest BCUT2D eigenvalue weighted by atomic mass is 9.98. The molecule has 20 heavy (non-hydrogen) atoms. The van der Waals surface area contributed by atoms with Crippen LogP contribution in [0.4, 0.5) is 0 Å². The zero-order chi connectivity index (χ0) is 14.5. The fourth-order valence-electron chi connectivity index (χ4n) is 2.29. The zero-order valence-electron chi connectivity index (χ0n) is 12.5. The second-order valence-corrected chi connectivity index (χ2v) is 5.88. The van der Waals surface area contributed by atoms with Gasteiger partial charge in [-0.1, -0.05) is 67.9 Å². The summed E-state index contributed by atoms with van der Waals surface area (Å²) in [5.74, 6) is 0.828. The monoisotopic (exact) mass is 266 g/mol. The average Bonchev–Trinajstić information content (AvgIpc) is 2.41. The maximum Gasteiger partial charge on any atom is 0.167 e. The number of carbonyl (C=O) groups is 1. The number of carbonyl (C=O) groups excluding carboxylic acids is 1. The third-order valence-electron chi connectivity index (χ3n) is 3.41. The maximum absolute atomic E-state index is 12.2. The van der Waals surface area contributed by atoms with Gasteiger partial charge in [-0.25, -0.2) is 0 Å². The van der Waals surface area contributed by atoms with Crippen LogP contribution >= 0.6 is 0 Å². The largest absolute Gasteiger partial charge is 0.294 e. The van der Waals surface area contributed by atoms with Crippen LogP contribution in [0.15, 0.2) is 48.5 Å². The van der Waals surface area contributed by atoms with Gasteiger partial charge in [-0.3, -0.25) is 4.79 Å². The van der Waals surface area contributed by atoms with Gasteiger partial charge in [0.05, 0.1) is 0 Å². The topological polar surface area (TPSA) is 17.1 Å². The van der Waals surface area contributed by atoms with E-state index in [2.05, 4.69) is 32.9 Å². The van der Waals surface area contributed by atoms with E-state index in [9.17, 15) is 4.79 Å². The lowest BCUT2D eigenvalue weighted by Crippen LogP contribution is -2.04. The Bertz CT molecular complexity index is 562. The average molecular weight is 266 g/mol. The lowest BCUT2D eigenvalue weighted by Gasteiger charge is -2.06. The van der Waals surface area contributed by atoms with Crippen molar-refractivity contribution in [2.24, 2.45) is 5.92 Å². The summed E-state index contributed by atoms with van der Waals surface area (Å²) in [4.78, 5) is 12.2. The van der Waals surface area contributed by atoms with Crippen LogP contribution in [0.25, 0.3) is 0 Å². The molecule has 2 aromatic rings. The molecule has 0 aliphatic carbocycles. The molecule has 0 aliphatic heterocycles. The van der Waals surface area contributed by atoms with Crippen LogP contribution in [0.1, 0.15) is 40.9 Å². The van der Waals surface area contributed by atoms with Crippen LogP contribution < -0.4 is 0 Å². The van der Waals surface area contributed by atoms with E-state index in [1.165, 1.54) is 11.1 Å². The van der Waals surface area contributed by atoms with E-state index in [4.69, 9.17) is 0 Å². The number of hydrogen-bond acceptors (Lipinski definition) is 1. The number of Topliss-reactive ketones (excluding diaryl/α,β-unsaturated/α-hetero) is 1. The van der Waals surface area contributed by atoms with Crippen LogP contribution in [0.2, 0.25) is 0 Å². The van der Waals surface area contributed by atoms with E-state index in [0.717, 1.165) is 17.5 Å². The van der Waals surface area contributed by atoms with Crippen molar-refractivity contribution in [3.05, 3.63) is 70.8 Å². The Morgan fingerprint density at radius 2 is 1.45 bits per heavy atom. The minimum absolute atomic E-state index is 0.185. The van der Waals surface area contributed by atoms with Crippen molar-refractivity contribution in [1.29, 1.82) is 0 Å². The molecule has 2 rings (SSSR count). The summed E-state index contributed by atoms with van der Waals surface area (Å²) < 4.78 is 0. The fourth-order valence-corrected chi connectivity index (χ4v) is 2.29. The molecule has 0 saturated heterocycles. The van der Waals surface area contributed by atoms with Crippen molar-refractivity contribution in [2.75, 3.05) is 0 Å². The molecule has 0 fully saturated rings. The Hall–Kier alpha value is -1.89. The second-order valence-electron chi connectivity index (χ2n) is 5.88. The van der Waals surface area contributed by atoms with Crippen molar-refractivity contribution in [3.63, 3.8) is 0 Å². The third-order valence-corrected chi connectivity index (χ3v) is 3.41. The molecule has 0 spiro atoms. The van der Waals surface area contributed by atoms with Gasteiger partial charge < -0.3 is 0 Å². The predicted molar refractivity (Wildman–Crippen MR) is 84.2 cm³/mol. The standard InChI is InChI=1S/C19H22O/c1-14(2)12-16-8-10-18(11-9-16)19(20)13-17-6-4-15(3)5-7-17/h4-11,14H,12-13H2,1-3H3. The Kier molecular flexibility index (Phi) is 4.73. The Labute approximate surface area is 121 Å². The number of rotatable bonds is 5. The van der Waals surface area contributed by atoms with Crippen LogP contribution in [-0.4, -0.2) is 5.78 Å². The third kappa shape index (κ3) is 4.06. The number of benzene rings is 2. The molecular weight excluding hydrogens is 244 g/mol. The van der Waals surface area contributed by atoms with Crippen molar-refractivity contribution in [2.45, 2.75) is 33.6 Å². The number of aryl methyl sites for hydroxylation is 1. The van der Waals surface area contributed by atoms with Gasteiger partial charge in [-0.15, -0.1) is 0 Å². The summed E-state index contributed by atoms with van der Waals surface area (Å²) >= 11 is 0.